The van der Waals surface area contributed by atoms with Crippen molar-refractivity contribution in [2.45, 2.75) is 71.3 Å². The third-order valence-electron chi connectivity index (χ3n) is 9.56. The molecule has 0 fully saturated rings. The molecule has 5 rings (SSSR count). The summed E-state index contributed by atoms with van der Waals surface area (Å²) in [5.74, 6) is -1.37. The van der Waals surface area contributed by atoms with Crippen molar-refractivity contribution in [1.82, 2.24) is 10.2 Å². The SMILES string of the molecule is CCOC(=O)CCC(=O)N(C)CCNCc1cccc(C(=O)Nc2sc3c(c2C(=O)Nc2ccc(CCCc4ccc(C(=O)OC)cc4)cc2)CCCC3)c1. The Morgan fingerprint density at radius 1 is 0.800 bits per heavy atom. The second-order valence-corrected chi connectivity index (χ2v) is 14.7. The Hall–Kier alpha value is -5.33. The normalized spacial score (nSPS) is 12.0. The summed E-state index contributed by atoms with van der Waals surface area (Å²) < 4.78 is 9.66. The van der Waals surface area contributed by atoms with Gasteiger partial charge in [-0.2, -0.15) is 0 Å². The average Bonchev–Trinajstić information content (AvgIpc) is 3.57. The third-order valence-corrected chi connectivity index (χ3v) is 10.8. The summed E-state index contributed by atoms with van der Waals surface area (Å²) >= 11 is 1.48. The molecule has 3 amide bonds. The molecule has 0 radical (unpaired) electrons. The molecular weight excluding hydrogens is 717 g/mol. The molecule has 0 aliphatic heterocycles. The minimum atomic E-state index is -0.377. The van der Waals surface area contributed by atoms with Crippen molar-refractivity contribution in [2.75, 3.05) is 44.5 Å². The number of hydrogen-bond donors (Lipinski definition) is 3. The number of amides is 3. The molecule has 0 saturated heterocycles. The van der Waals surface area contributed by atoms with E-state index in [1.165, 1.54) is 18.4 Å². The highest BCUT2D eigenvalue weighted by Crippen LogP contribution is 2.39. The molecule has 11 nitrogen and oxygen atoms in total. The van der Waals surface area contributed by atoms with Gasteiger partial charge in [0.15, 0.2) is 0 Å². The van der Waals surface area contributed by atoms with Gasteiger partial charge in [0.25, 0.3) is 11.8 Å². The molecule has 1 aromatic heterocycles. The van der Waals surface area contributed by atoms with Gasteiger partial charge in [-0.3, -0.25) is 19.2 Å². The summed E-state index contributed by atoms with van der Waals surface area (Å²) in [7, 11) is 3.08. The molecule has 290 valence electrons. The lowest BCUT2D eigenvalue weighted by molar-refractivity contribution is -0.145. The highest BCUT2D eigenvalue weighted by Gasteiger charge is 2.27. The average molecular weight is 767 g/mol. The number of hydrogen-bond acceptors (Lipinski definition) is 9. The number of rotatable bonds is 18. The lowest BCUT2D eigenvalue weighted by Gasteiger charge is -2.17. The van der Waals surface area contributed by atoms with E-state index >= 15 is 0 Å². The highest BCUT2D eigenvalue weighted by atomic mass is 32.1. The molecule has 0 unspecified atom stereocenters. The predicted octanol–water partition coefficient (Wildman–Crippen LogP) is 6.98. The molecule has 55 heavy (non-hydrogen) atoms. The Bertz CT molecular complexity index is 1960. The number of aryl methyl sites for hydroxylation is 3. The van der Waals surface area contributed by atoms with Gasteiger partial charge in [0.2, 0.25) is 5.91 Å². The van der Waals surface area contributed by atoms with Crippen molar-refractivity contribution >= 4 is 51.7 Å². The van der Waals surface area contributed by atoms with E-state index in [4.69, 9.17) is 9.47 Å². The standard InChI is InChI=1S/C43H50N4O7S/c1-4-54-38(49)24-23-37(48)47(2)26-25-44-28-31-11-8-12-33(27-31)40(50)46-42-39(35-13-5-6-14-36(35)55-42)41(51)45-34-21-17-30(18-22-34)10-7-9-29-15-19-32(20-16-29)43(52)53-3/h8,11-12,15-22,27,44H,4-7,9-10,13-14,23-26,28H2,1-3H3,(H,45,51)(H,46,50). The smallest absolute Gasteiger partial charge is 0.337 e. The van der Waals surface area contributed by atoms with Crippen LogP contribution in [-0.4, -0.2) is 68.4 Å². The summed E-state index contributed by atoms with van der Waals surface area (Å²) in [6.45, 7) is 3.53. The zero-order valence-corrected chi connectivity index (χ0v) is 32.7. The molecule has 0 bridgehead atoms. The van der Waals surface area contributed by atoms with Crippen LogP contribution in [0.2, 0.25) is 0 Å². The highest BCUT2D eigenvalue weighted by molar-refractivity contribution is 7.17. The molecule has 0 atom stereocenters. The van der Waals surface area contributed by atoms with E-state index in [0.29, 0.717) is 53.6 Å². The zero-order chi connectivity index (χ0) is 39.2. The Labute approximate surface area is 326 Å². The van der Waals surface area contributed by atoms with Gasteiger partial charge in [0.05, 0.1) is 31.3 Å². The number of nitrogens with one attached hydrogen (secondary N) is 3. The maximum absolute atomic E-state index is 13.8. The molecule has 3 aromatic carbocycles. The van der Waals surface area contributed by atoms with E-state index in [9.17, 15) is 24.0 Å². The van der Waals surface area contributed by atoms with Gasteiger partial charge in [0, 0.05) is 49.2 Å². The number of fused-ring (bicyclic) bond motifs is 1. The Morgan fingerprint density at radius 3 is 2.22 bits per heavy atom. The van der Waals surface area contributed by atoms with Gasteiger partial charge in [-0.25, -0.2) is 4.79 Å². The fraction of sp³-hybridized carbons (Fsp3) is 0.372. The maximum Gasteiger partial charge on any atom is 0.337 e. The Morgan fingerprint density at radius 2 is 1.51 bits per heavy atom. The van der Waals surface area contributed by atoms with E-state index in [-0.39, 0.29) is 42.5 Å². The minimum absolute atomic E-state index is 0.0644. The number of ether oxygens (including phenoxy) is 2. The number of carbonyl (C=O) groups is 5. The molecule has 0 spiro atoms. The summed E-state index contributed by atoms with van der Waals surface area (Å²) in [5, 5.41) is 10.0. The molecule has 4 aromatic rings. The predicted molar refractivity (Wildman–Crippen MR) is 215 cm³/mol. The molecule has 1 aliphatic carbocycles. The molecular formula is C43H50N4O7S. The first-order chi connectivity index (χ1) is 26.6. The molecule has 3 N–H and O–H groups in total. The van der Waals surface area contributed by atoms with Crippen LogP contribution in [0.4, 0.5) is 10.7 Å². The van der Waals surface area contributed by atoms with E-state index < -0.39 is 0 Å². The summed E-state index contributed by atoms with van der Waals surface area (Å²) in [6, 6.07) is 22.7. The van der Waals surface area contributed by atoms with Crippen molar-refractivity contribution in [3.8, 4) is 0 Å². The number of thiophene rings is 1. The van der Waals surface area contributed by atoms with Crippen molar-refractivity contribution < 1.29 is 33.4 Å². The summed E-state index contributed by atoms with van der Waals surface area (Å²) in [6.07, 6.45) is 6.58. The zero-order valence-electron chi connectivity index (χ0n) is 31.8. The van der Waals surface area contributed by atoms with Crippen LogP contribution in [0.1, 0.15) is 97.2 Å². The number of carbonyl (C=O) groups excluding carboxylic acids is 5. The van der Waals surface area contributed by atoms with Crippen LogP contribution < -0.4 is 16.0 Å². The van der Waals surface area contributed by atoms with Crippen LogP contribution in [0.3, 0.4) is 0 Å². The quantitative estimate of drug-likeness (QED) is 0.0727. The van der Waals surface area contributed by atoms with Crippen LogP contribution >= 0.6 is 11.3 Å². The van der Waals surface area contributed by atoms with Crippen molar-refractivity contribution in [1.29, 1.82) is 0 Å². The number of nitrogens with zero attached hydrogens (tertiary/aromatic N) is 1. The summed E-state index contributed by atoms with van der Waals surface area (Å²) in [4.78, 5) is 65.7. The van der Waals surface area contributed by atoms with Crippen LogP contribution in [0.25, 0.3) is 0 Å². The van der Waals surface area contributed by atoms with Crippen molar-refractivity contribution in [2.24, 2.45) is 0 Å². The number of anilines is 2. The second-order valence-electron chi connectivity index (χ2n) is 13.6. The first kappa shape index (κ1) is 40.8. The van der Waals surface area contributed by atoms with Gasteiger partial charge in [0.1, 0.15) is 5.00 Å². The van der Waals surface area contributed by atoms with E-state index in [1.54, 1.807) is 37.1 Å². The topological polar surface area (TPSA) is 143 Å². The number of esters is 2. The largest absolute Gasteiger partial charge is 0.466 e. The molecule has 1 aliphatic rings. The number of methoxy groups -OCH3 is 1. The monoisotopic (exact) mass is 766 g/mol. The first-order valence-corrected chi connectivity index (χ1v) is 19.7. The second kappa shape index (κ2) is 20.4. The molecule has 12 heteroatoms. The van der Waals surface area contributed by atoms with Crippen LogP contribution in [0.5, 0.6) is 0 Å². The number of likely N-dealkylation sites (N-methyl/N-ethyl adjacent to an activating group) is 1. The number of benzene rings is 3. The van der Waals surface area contributed by atoms with Gasteiger partial charge in [-0.05, 0) is 111 Å². The van der Waals surface area contributed by atoms with E-state index in [0.717, 1.165) is 72.1 Å². The van der Waals surface area contributed by atoms with Gasteiger partial charge < -0.3 is 30.3 Å². The Kier molecular flexibility index (Phi) is 15.1. The van der Waals surface area contributed by atoms with Crippen molar-refractivity contribution in [3.63, 3.8) is 0 Å². The van der Waals surface area contributed by atoms with Crippen LogP contribution in [0.15, 0.2) is 72.8 Å². The third kappa shape index (κ3) is 11.8. The summed E-state index contributed by atoms with van der Waals surface area (Å²) in [5.41, 5.74) is 6.48. The molecule has 0 saturated carbocycles. The Balaban J connectivity index is 1.14. The van der Waals surface area contributed by atoms with E-state index in [2.05, 4.69) is 16.0 Å². The van der Waals surface area contributed by atoms with Gasteiger partial charge >= 0.3 is 11.9 Å². The van der Waals surface area contributed by atoms with Crippen LogP contribution in [0, 0.1) is 0 Å². The first-order valence-electron chi connectivity index (χ1n) is 18.9. The van der Waals surface area contributed by atoms with Gasteiger partial charge in [-0.1, -0.05) is 36.4 Å². The fourth-order valence-corrected chi connectivity index (χ4v) is 7.78. The lowest BCUT2D eigenvalue weighted by atomic mass is 9.95. The maximum atomic E-state index is 13.8. The molecule has 1 heterocycles. The minimum Gasteiger partial charge on any atom is -0.466 e. The van der Waals surface area contributed by atoms with Gasteiger partial charge in [-0.15, -0.1) is 11.3 Å². The van der Waals surface area contributed by atoms with Crippen LogP contribution in [-0.2, 0) is 51.3 Å². The van der Waals surface area contributed by atoms with E-state index in [1.807, 2.05) is 54.6 Å². The van der Waals surface area contributed by atoms with Crippen molar-refractivity contribution in [3.05, 3.63) is 117 Å². The lowest BCUT2D eigenvalue weighted by Crippen LogP contribution is -2.34. The fourth-order valence-electron chi connectivity index (χ4n) is 6.50.